The number of hydrogen-bond acceptors (Lipinski definition) is 44. The van der Waals surface area contributed by atoms with Gasteiger partial charge >= 0.3 is 0 Å². The SMILES string of the molecule is CC(=O)N[C@@H]1[C@H](O[C@@H]2[C@H](O[C@@H]3[C@@H](NC(C)=O)[C@H](OC[C@@H](O)[C@H](O)[C@H](O[C@@H]4O[C@H](CO)[C@@H](O[C@@H]5O[C@H](CO)[C@H](O)[C@H](O)[C@H]5NC(C)=O)[C@H](O[C@@H]5O[C@@H](C)[C@@H](O)[C@@H](O)[C@@H]5O[C@H]5O[C@H](CO)[C@H](O)[C@H](O)[C@H]5NC(C)=O)[C@H]4NC(C)=O)[C@H](CO)NC(C)=O)O[C@H](CO)[C@H]3O[C@@H]3O[C@H](CO)[C@H](O)[C@H](O)[C@H]3NC(C)=O)O[C@@H](C)[C@@H](O)[C@H]2O)O[C@@H](CO)[C@@H](O)[C@H]1O. The Morgan fingerprint density at radius 2 is 0.571 bits per heavy atom. The van der Waals surface area contributed by atoms with Gasteiger partial charge in [-0.2, -0.15) is 0 Å². The number of hydrogen-bond donors (Lipinski definition) is 28. The normalized spacial score (nSPS) is 43.7. The van der Waals surface area contributed by atoms with Crippen molar-refractivity contribution >= 4 is 41.4 Å². The van der Waals surface area contributed by atoms with E-state index in [1.165, 1.54) is 13.8 Å². The van der Waals surface area contributed by atoms with E-state index in [9.17, 15) is 141 Å². The summed E-state index contributed by atoms with van der Waals surface area (Å²) in [7, 11) is 0. The van der Waals surface area contributed by atoms with Crippen LogP contribution in [-0.4, -0.2) is 471 Å². The molecule has 51 nitrogen and oxygen atoms in total. The highest BCUT2D eigenvalue weighted by atomic mass is 16.8. The smallest absolute Gasteiger partial charge is 0.217 e. The second kappa shape index (κ2) is 44.1. The fourth-order valence-corrected chi connectivity index (χ4v) is 15.1. The lowest BCUT2D eigenvalue weighted by Crippen LogP contribution is -2.72. The van der Waals surface area contributed by atoms with E-state index in [0.29, 0.717) is 0 Å². The molecular weight excluding hydrogens is 1620 g/mol. The van der Waals surface area contributed by atoms with Crippen LogP contribution in [0.25, 0.3) is 0 Å². The van der Waals surface area contributed by atoms with E-state index >= 15 is 0 Å². The van der Waals surface area contributed by atoms with Crippen molar-refractivity contribution in [1.82, 2.24) is 37.2 Å². The Labute approximate surface area is 678 Å². The third kappa shape index (κ3) is 23.7. The van der Waals surface area contributed by atoms with Crippen LogP contribution in [-0.2, 0) is 109 Å². The van der Waals surface area contributed by atoms with Crippen molar-refractivity contribution in [2.24, 2.45) is 0 Å². The minimum absolute atomic E-state index is 0.845. The molecule has 0 unspecified atom stereocenters. The molecule has 8 fully saturated rings. The van der Waals surface area contributed by atoms with Gasteiger partial charge in [-0.15, -0.1) is 0 Å². The van der Waals surface area contributed by atoms with Crippen molar-refractivity contribution in [2.75, 3.05) is 52.9 Å². The minimum atomic E-state index is -2.62. The molecule has 8 saturated heterocycles. The predicted octanol–water partition coefficient (Wildman–Crippen LogP) is -17.9. The van der Waals surface area contributed by atoms with Crippen LogP contribution in [0.4, 0.5) is 0 Å². The fourth-order valence-electron chi connectivity index (χ4n) is 15.1. The summed E-state index contributed by atoms with van der Waals surface area (Å²) in [5.41, 5.74) is 0. The first kappa shape index (κ1) is 99.2. The summed E-state index contributed by atoms with van der Waals surface area (Å²) in [6.45, 7) is 0.0293. The van der Waals surface area contributed by atoms with Gasteiger partial charge in [0, 0.05) is 48.5 Å². The number of ether oxygens (including phenoxy) is 16. The Bertz CT molecular complexity index is 3270. The van der Waals surface area contributed by atoms with Gasteiger partial charge < -0.3 is 220 Å². The van der Waals surface area contributed by atoms with Gasteiger partial charge in [0.1, 0.15) is 201 Å². The number of nitrogens with one attached hydrogen (secondary N) is 7. The Balaban J connectivity index is 1.21. The van der Waals surface area contributed by atoms with Crippen LogP contribution < -0.4 is 37.2 Å². The van der Waals surface area contributed by atoms with E-state index < -0.39 is 364 Å². The highest BCUT2D eigenvalue weighted by Gasteiger charge is 2.61. The van der Waals surface area contributed by atoms with Crippen LogP contribution in [0.3, 0.4) is 0 Å². The zero-order valence-corrected chi connectivity index (χ0v) is 65.8. The molecule has 44 atom stereocenters. The second-order valence-corrected chi connectivity index (χ2v) is 30.1. The molecule has 8 rings (SSSR count). The highest BCUT2D eigenvalue weighted by molar-refractivity contribution is 5.75. The van der Waals surface area contributed by atoms with Crippen LogP contribution >= 0.6 is 0 Å². The largest absolute Gasteiger partial charge is 0.394 e. The molecule has 0 bridgehead atoms. The number of aliphatic hydroxyl groups excluding tert-OH is 21. The first-order valence-electron chi connectivity index (χ1n) is 38.2. The monoisotopic (exact) mass is 1730 g/mol. The van der Waals surface area contributed by atoms with Gasteiger partial charge in [-0.05, 0) is 13.8 Å². The van der Waals surface area contributed by atoms with Crippen molar-refractivity contribution in [3.05, 3.63) is 0 Å². The average Bonchev–Trinajstić information content (AvgIpc) is 0.767. The van der Waals surface area contributed by atoms with Crippen molar-refractivity contribution in [2.45, 2.75) is 332 Å². The molecule has 8 aliphatic rings. The van der Waals surface area contributed by atoms with Crippen molar-refractivity contribution in [3.8, 4) is 0 Å². The van der Waals surface area contributed by atoms with Crippen LogP contribution in [0.2, 0.25) is 0 Å². The topological polar surface area (TPSA) is 776 Å². The van der Waals surface area contributed by atoms with Crippen LogP contribution in [0.5, 0.6) is 0 Å². The molecule has 0 radical (unpaired) electrons. The quantitative estimate of drug-likeness (QED) is 0.0284. The summed E-state index contributed by atoms with van der Waals surface area (Å²) < 4.78 is 99.3. The molecule has 0 spiro atoms. The molecule has 0 aromatic rings. The predicted molar refractivity (Wildman–Crippen MR) is 378 cm³/mol. The zero-order chi connectivity index (χ0) is 88.4. The third-order valence-electron chi connectivity index (χ3n) is 21.1. The Morgan fingerprint density at radius 3 is 0.857 bits per heavy atom. The lowest BCUT2D eigenvalue weighted by atomic mass is 9.93. The molecule has 119 heavy (non-hydrogen) atoms. The molecule has 7 amide bonds. The van der Waals surface area contributed by atoms with Crippen molar-refractivity contribution in [3.63, 3.8) is 0 Å². The van der Waals surface area contributed by atoms with Gasteiger partial charge in [0.25, 0.3) is 0 Å². The van der Waals surface area contributed by atoms with E-state index in [2.05, 4.69) is 37.2 Å². The van der Waals surface area contributed by atoms with Gasteiger partial charge in [0.15, 0.2) is 50.3 Å². The first-order valence-corrected chi connectivity index (χ1v) is 38.2. The number of carbonyl (C=O) groups is 7. The number of carbonyl (C=O) groups excluding carboxylic acids is 7. The molecule has 8 heterocycles. The highest BCUT2D eigenvalue weighted by Crippen LogP contribution is 2.40. The molecule has 0 aliphatic carbocycles. The molecule has 51 heteroatoms. The number of rotatable bonds is 34. The van der Waals surface area contributed by atoms with E-state index in [4.69, 9.17) is 75.8 Å². The van der Waals surface area contributed by atoms with Crippen molar-refractivity contribution in [1.29, 1.82) is 0 Å². The van der Waals surface area contributed by atoms with Crippen LogP contribution in [0.15, 0.2) is 0 Å². The maximum atomic E-state index is 13.8. The summed E-state index contributed by atoms with van der Waals surface area (Å²) in [4.78, 5) is 91.5. The average molecular weight is 1730 g/mol. The van der Waals surface area contributed by atoms with Gasteiger partial charge in [-0.25, -0.2) is 0 Å². The molecule has 0 aromatic heterocycles. The number of aliphatic hydroxyl groups is 21. The van der Waals surface area contributed by atoms with Gasteiger partial charge in [0.05, 0.1) is 71.1 Å². The first-order chi connectivity index (χ1) is 56.1. The summed E-state index contributed by atoms with van der Waals surface area (Å²) in [6, 6.07) is -13.3. The molecule has 8 aliphatic heterocycles. The van der Waals surface area contributed by atoms with Crippen molar-refractivity contribution < 1.29 is 217 Å². The lowest BCUT2D eigenvalue weighted by Gasteiger charge is -2.52. The number of amides is 7. The summed E-state index contributed by atoms with van der Waals surface area (Å²) >= 11 is 0. The maximum absolute atomic E-state index is 13.8. The van der Waals surface area contributed by atoms with Gasteiger partial charge in [0.2, 0.25) is 41.4 Å². The van der Waals surface area contributed by atoms with E-state index in [1.807, 2.05) is 0 Å². The van der Waals surface area contributed by atoms with E-state index in [-0.39, 0.29) is 0 Å². The molecule has 0 saturated carbocycles. The standard InChI is InChI=1S/C68H115N7O44/c1-18-41(91)52(102)59(118-64-37(72-23(6)86)50(100)46(96)31(13-79)109-64)67(105-18)116-57-39(74-25(8)88)61(111-33(15-81)55(57)114-62-35(70-21(4)84)48(98)44(94)29(11-77)107-62)104-17-28(90)43(93)54(27(10-76)69-20(3)83)113-66-40(75-26(9)89)58(56(34(16-82)112-66)115-63-36(71-22(5)85)49(99)45(95)30(12-78)108-63)117-68-60(53(103)42(92)19(2)106-68)119-65-38(73-24(7)87)51(101)47(97)32(14-80)110-65/h18-19,27-68,76-82,90-103H,10-17H2,1-9H3,(H,69,83)(H,70,84)(H,71,85)(H,72,86)(H,73,87)(H,74,88)(H,75,89)/t18-,19-,27-,28+,29+,30+,31-,32+,33+,34+,35+,36+,37-,38+,39+,40+,41+,42+,43-,44-,45-,46+,47-,48+,49+,50-,51+,52+,53+,54+,55+,56+,57+,58+,59-,60-,61+,62-,63-,64-,65+,66-,67-,68-/m0/s1. The lowest BCUT2D eigenvalue weighted by molar-refractivity contribution is -0.386. The Morgan fingerprint density at radius 1 is 0.303 bits per heavy atom. The zero-order valence-electron chi connectivity index (χ0n) is 65.8. The minimum Gasteiger partial charge on any atom is -0.394 e. The summed E-state index contributed by atoms with van der Waals surface area (Å²) in [5.74, 6) is -6.50. The van der Waals surface area contributed by atoms with E-state index in [0.717, 1.165) is 48.5 Å². The van der Waals surface area contributed by atoms with E-state index in [1.54, 1.807) is 0 Å². The summed E-state index contributed by atoms with van der Waals surface area (Å²) in [5, 5.41) is 253. The molecule has 28 N–H and O–H groups in total. The van der Waals surface area contributed by atoms with Gasteiger partial charge in [-0.1, -0.05) is 0 Å². The second-order valence-electron chi connectivity index (χ2n) is 30.1. The Hall–Kier alpha value is -5.19. The van der Waals surface area contributed by atoms with Crippen LogP contribution in [0.1, 0.15) is 62.3 Å². The third-order valence-corrected chi connectivity index (χ3v) is 21.1. The van der Waals surface area contributed by atoms with Gasteiger partial charge in [-0.3, -0.25) is 33.6 Å². The molecule has 0 aromatic carbocycles. The molecular formula is C68H115N7O44. The fraction of sp³-hybridized carbons (Fsp3) is 0.897. The maximum Gasteiger partial charge on any atom is 0.217 e. The van der Waals surface area contributed by atoms with Crippen LogP contribution in [0, 0.1) is 0 Å². The summed E-state index contributed by atoms with van der Waals surface area (Å²) in [6.07, 6.45) is -75.2. The Kier molecular flexibility index (Phi) is 36.8. The molecule has 686 valence electrons.